The van der Waals surface area contributed by atoms with E-state index in [1.54, 1.807) is 0 Å². The Morgan fingerprint density at radius 2 is 2.13 bits per heavy atom. The van der Waals surface area contributed by atoms with E-state index in [-0.39, 0.29) is 0 Å². The maximum atomic E-state index is 9.26. The Hall–Kier alpha value is -0.560. The van der Waals surface area contributed by atoms with Crippen molar-refractivity contribution >= 4 is 0 Å². The van der Waals surface area contributed by atoms with E-state index in [0.29, 0.717) is 24.4 Å². The van der Waals surface area contributed by atoms with Gasteiger partial charge in [-0.05, 0) is 55.8 Å². The van der Waals surface area contributed by atoms with Crippen molar-refractivity contribution in [2.45, 2.75) is 32.1 Å². The van der Waals surface area contributed by atoms with E-state index in [0.717, 1.165) is 5.92 Å². The van der Waals surface area contributed by atoms with Gasteiger partial charge in [-0.1, -0.05) is 18.2 Å². The fourth-order valence-corrected chi connectivity index (χ4v) is 3.49. The van der Waals surface area contributed by atoms with Gasteiger partial charge in [0.2, 0.25) is 0 Å². The normalized spacial score (nSPS) is 41.0. The highest BCUT2D eigenvalue weighted by Gasteiger charge is 2.38. The quantitative estimate of drug-likeness (QED) is 0.688. The van der Waals surface area contributed by atoms with Crippen molar-refractivity contribution in [3.63, 3.8) is 0 Å². The molecule has 0 amide bonds. The van der Waals surface area contributed by atoms with Gasteiger partial charge in [-0.15, -0.1) is 6.58 Å². The summed E-state index contributed by atoms with van der Waals surface area (Å²) in [7, 11) is 0. The molecule has 1 N–H and O–H groups in total. The van der Waals surface area contributed by atoms with Crippen molar-refractivity contribution in [1.82, 2.24) is 0 Å². The predicted molar refractivity (Wildman–Crippen MR) is 63.5 cm³/mol. The van der Waals surface area contributed by atoms with Crippen LogP contribution in [0.1, 0.15) is 32.1 Å². The second-order valence-corrected chi connectivity index (χ2v) is 5.23. The topological polar surface area (TPSA) is 20.2 Å². The summed E-state index contributed by atoms with van der Waals surface area (Å²) in [6, 6.07) is 0. The van der Waals surface area contributed by atoms with E-state index in [4.69, 9.17) is 0 Å². The van der Waals surface area contributed by atoms with E-state index in [1.165, 1.54) is 37.7 Å². The van der Waals surface area contributed by atoms with Gasteiger partial charge >= 0.3 is 0 Å². The minimum Gasteiger partial charge on any atom is -0.396 e. The molecule has 4 unspecified atom stereocenters. The van der Waals surface area contributed by atoms with Crippen molar-refractivity contribution in [1.29, 1.82) is 0 Å². The molecule has 0 aromatic carbocycles. The number of hydrogen-bond donors (Lipinski definition) is 1. The number of aliphatic hydroxyl groups excluding tert-OH is 1. The van der Waals surface area contributed by atoms with Crippen LogP contribution in [0.5, 0.6) is 0 Å². The molecule has 2 aliphatic carbocycles. The summed E-state index contributed by atoms with van der Waals surface area (Å²) in [5, 5.41) is 9.26. The molecule has 0 aliphatic heterocycles. The molecule has 2 fully saturated rings. The third-order valence-electron chi connectivity index (χ3n) is 4.44. The van der Waals surface area contributed by atoms with Crippen LogP contribution in [0.2, 0.25) is 0 Å². The molecule has 2 aliphatic rings. The molecule has 0 aromatic heterocycles. The second kappa shape index (κ2) is 4.52. The molecule has 0 saturated heterocycles. The lowest BCUT2D eigenvalue weighted by molar-refractivity contribution is 0.0955. The van der Waals surface area contributed by atoms with E-state index in [2.05, 4.69) is 19.2 Å². The van der Waals surface area contributed by atoms with Crippen LogP contribution in [0.3, 0.4) is 0 Å². The highest BCUT2D eigenvalue weighted by molar-refractivity contribution is 5.12. The van der Waals surface area contributed by atoms with Crippen LogP contribution in [-0.4, -0.2) is 11.7 Å². The predicted octanol–water partition coefficient (Wildman–Crippen LogP) is 3.16. The number of rotatable bonds is 2. The number of allylic oxidation sites excluding steroid dienone is 2. The second-order valence-electron chi connectivity index (χ2n) is 5.23. The zero-order valence-electron chi connectivity index (χ0n) is 9.49. The number of fused-ring (bicyclic) bond motifs is 1. The molecule has 84 valence electrons. The average Bonchev–Trinajstić information content (AvgIpc) is 2.29. The molecule has 1 nitrogen and oxygen atoms in total. The van der Waals surface area contributed by atoms with Crippen LogP contribution in [0, 0.1) is 23.7 Å². The first kappa shape index (κ1) is 10.9. The highest BCUT2D eigenvalue weighted by Crippen LogP contribution is 2.47. The summed E-state index contributed by atoms with van der Waals surface area (Å²) in [5.41, 5.74) is 1.45. The van der Waals surface area contributed by atoms with Crippen LogP contribution in [-0.2, 0) is 0 Å². The fourth-order valence-electron chi connectivity index (χ4n) is 3.49. The molecule has 1 heteroatoms. The fraction of sp³-hybridized carbons (Fsp3) is 0.714. The summed E-state index contributed by atoms with van der Waals surface area (Å²) < 4.78 is 0. The zero-order chi connectivity index (χ0) is 10.8. The molecule has 0 aromatic rings. The van der Waals surface area contributed by atoms with Gasteiger partial charge in [0.05, 0.1) is 0 Å². The molecule has 2 saturated carbocycles. The third-order valence-corrected chi connectivity index (χ3v) is 4.44. The molecule has 0 heterocycles. The summed E-state index contributed by atoms with van der Waals surface area (Å²) in [6.45, 7) is 8.54. The maximum absolute atomic E-state index is 9.26. The first-order valence-corrected chi connectivity index (χ1v) is 6.17. The van der Waals surface area contributed by atoms with E-state index >= 15 is 0 Å². The minimum atomic E-state index is 0.361. The van der Waals surface area contributed by atoms with Crippen molar-refractivity contribution in [2.24, 2.45) is 23.7 Å². The average molecular weight is 206 g/mol. The Bertz CT molecular complexity index is 256. The Morgan fingerprint density at radius 1 is 1.33 bits per heavy atom. The minimum absolute atomic E-state index is 0.361. The molecule has 15 heavy (non-hydrogen) atoms. The Labute approximate surface area is 92.9 Å². The molecule has 2 rings (SSSR count). The van der Waals surface area contributed by atoms with Crippen LogP contribution >= 0.6 is 0 Å². The van der Waals surface area contributed by atoms with Gasteiger partial charge in [0.15, 0.2) is 0 Å². The van der Waals surface area contributed by atoms with Crippen LogP contribution in [0.4, 0.5) is 0 Å². The van der Waals surface area contributed by atoms with Crippen molar-refractivity contribution in [3.05, 3.63) is 24.8 Å². The highest BCUT2D eigenvalue weighted by atomic mass is 16.3. The summed E-state index contributed by atoms with van der Waals surface area (Å²) >= 11 is 0. The molecule has 0 bridgehead atoms. The molecule has 0 spiro atoms. The van der Waals surface area contributed by atoms with Gasteiger partial charge < -0.3 is 5.11 Å². The molecular weight excluding hydrogens is 184 g/mol. The summed E-state index contributed by atoms with van der Waals surface area (Å²) in [4.78, 5) is 0. The monoisotopic (exact) mass is 206 g/mol. The Morgan fingerprint density at radius 3 is 2.80 bits per heavy atom. The third kappa shape index (κ3) is 2.03. The first-order valence-electron chi connectivity index (χ1n) is 6.17. The molecule has 4 atom stereocenters. The molecule has 0 radical (unpaired) electrons. The van der Waals surface area contributed by atoms with Crippen LogP contribution < -0.4 is 0 Å². The van der Waals surface area contributed by atoms with E-state index < -0.39 is 0 Å². The van der Waals surface area contributed by atoms with Gasteiger partial charge in [0.25, 0.3) is 0 Å². The summed E-state index contributed by atoms with van der Waals surface area (Å²) in [6.07, 6.45) is 8.13. The van der Waals surface area contributed by atoms with Gasteiger partial charge in [-0.2, -0.15) is 0 Å². The van der Waals surface area contributed by atoms with Crippen molar-refractivity contribution in [2.75, 3.05) is 6.61 Å². The SMILES string of the molecule is C=CC1CCC(=C)C2CCC(CO)CC12. The van der Waals surface area contributed by atoms with Gasteiger partial charge in [0, 0.05) is 6.61 Å². The lowest BCUT2D eigenvalue weighted by Crippen LogP contribution is -2.35. The van der Waals surface area contributed by atoms with E-state index in [1.807, 2.05) is 0 Å². The number of hydrogen-bond acceptors (Lipinski definition) is 1. The largest absolute Gasteiger partial charge is 0.396 e. The standard InChI is InChI=1S/C14H22O/c1-3-12-6-4-10(2)13-7-5-11(9-15)8-14(12)13/h3,11-15H,1-2,4-9H2. The first-order chi connectivity index (χ1) is 7.26. The van der Waals surface area contributed by atoms with Crippen LogP contribution in [0.25, 0.3) is 0 Å². The zero-order valence-corrected chi connectivity index (χ0v) is 9.49. The number of aliphatic hydroxyl groups is 1. The lowest BCUT2D eigenvalue weighted by Gasteiger charge is -2.44. The van der Waals surface area contributed by atoms with Crippen molar-refractivity contribution in [3.8, 4) is 0 Å². The van der Waals surface area contributed by atoms with Crippen LogP contribution in [0.15, 0.2) is 24.8 Å². The molecular formula is C14H22O. The Kier molecular flexibility index (Phi) is 3.30. The van der Waals surface area contributed by atoms with Crippen molar-refractivity contribution < 1.29 is 5.11 Å². The van der Waals surface area contributed by atoms with Gasteiger partial charge in [0.1, 0.15) is 0 Å². The summed E-state index contributed by atoms with van der Waals surface area (Å²) in [5.74, 6) is 2.62. The van der Waals surface area contributed by atoms with Gasteiger partial charge in [-0.3, -0.25) is 0 Å². The van der Waals surface area contributed by atoms with E-state index in [9.17, 15) is 5.11 Å². The lowest BCUT2D eigenvalue weighted by atomic mass is 9.61. The smallest absolute Gasteiger partial charge is 0.0459 e. The Balaban J connectivity index is 2.11. The van der Waals surface area contributed by atoms with Gasteiger partial charge in [-0.25, -0.2) is 0 Å². The maximum Gasteiger partial charge on any atom is 0.0459 e.